The lowest BCUT2D eigenvalue weighted by molar-refractivity contribution is 0.232. The van der Waals surface area contributed by atoms with Gasteiger partial charge in [-0.1, -0.05) is 0 Å². The van der Waals surface area contributed by atoms with Crippen LogP contribution in [0.3, 0.4) is 0 Å². The van der Waals surface area contributed by atoms with Crippen LogP contribution in [0.2, 0.25) is 0 Å². The van der Waals surface area contributed by atoms with Crippen molar-refractivity contribution in [2.24, 2.45) is 11.7 Å². The van der Waals surface area contributed by atoms with E-state index in [1.807, 2.05) is 26.8 Å². The smallest absolute Gasteiger partial charge is 0.228 e. The zero-order chi connectivity index (χ0) is 14.5. The molecule has 1 saturated heterocycles. The topological polar surface area (TPSA) is 64.3 Å². The molecule has 5 nitrogen and oxygen atoms in total. The molecule has 1 fully saturated rings. The third-order valence-corrected chi connectivity index (χ3v) is 3.65. The van der Waals surface area contributed by atoms with Crippen LogP contribution in [0.5, 0.6) is 5.88 Å². The van der Waals surface area contributed by atoms with E-state index < -0.39 is 0 Å². The number of rotatable bonds is 5. The molecular weight excluding hydrogens is 252 g/mol. The zero-order valence-electron chi connectivity index (χ0n) is 12.8. The average Bonchev–Trinajstić information content (AvgIpc) is 2.38. The number of piperidine rings is 1. The molecule has 1 aliphatic rings. The van der Waals surface area contributed by atoms with Crippen molar-refractivity contribution in [1.82, 2.24) is 9.97 Å². The van der Waals surface area contributed by atoms with Gasteiger partial charge in [0.2, 0.25) is 11.8 Å². The third kappa shape index (κ3) is 4.07. The van der Waals surface area contributed by atoms with Crippen molar-refractivity contribution >= 4 is 5.95 Å². The van der Waals surface area contributed by atoms with E-state index in [4.69, 9.17) is 10.5 Å². The minimum Gasteiger partial charge on any atom is -0.475 e. The number of hydrogen-bond acceptors (Lipinski definition) is 5. The van der Waals surface area contributed by atoms with Crippen molar-refractivity contribution in [2.45, 2.75) is 46.1 Å². The second-order valence-electron chi connectivity index (χ2n) is 5.82. The van der Waals surface area contributed by atoms with Gasteiger partial charge in [0.25, 0.3) is 0 Å². The van der Waals surface area contributed by atoms with E-state index in [9.17, 15) is 0 Å². The molecule has 2 N–H and O–H groups in total. The highest BCUT2D eigenvalue weighted by atomic mass is 16.5. The molecule has 1 aromatic rings. The summed E-state index contributed by atoms with van der Waals surface area (Å²) in [6, 6.07) is 1.89. The van der Waals surface area contributed by atoms with Gasteiger partial charge in [0.05, 0.1) is 6.10 Å². The van der Waals surface area contributed by atoms with Crippen molar-refractivity contribution in [2.75, 3.05) is 24.5 Å². The van der Waals surface area contributed by atoms with Gasteiger partial charge in [0.1, 0.15) is 0 Å². The summed E-state index contributed by atoms with van der Waals surface area (Å²) in [7, 11) is 0. The van der Waals surface area contributed by atoms with Gasteiger partial charge in [-0.25, -0.2) is 4.98 Å². The molecule has 112 valence electrons. The van der Waals surface area contributed by atoms with Crippen LogP contribution in [-0.2, 0) is 0 Å². The Labute approximate surface area is 121 Å². The molecule has 0 bridgehead atoms. The van der Waals surface area contributed by atoms with Crippen molar-refractivity contribution in [3.63, 3.8) is 0 Å². The SMILES string of the molecule is Cc1cc(OC(C)C)nc(N2CCC(CCN)CC2)n1. The number of hydrogen-bond donors (Lipinski definition) is 1. The molecule has 1 aromatic heterocycles. The predicted octanol–water partition coefficient (Wildman–Crippen LogP) is 2.14. The number of anilines is 1. The van der Waals surface area contributed by atoms with Crippen LogP contribution in [-0.4, -0.2) is 35.7 Å². The van der Waals surface area contributed by atoms with Gasteiger partial charge in [0.15, 0.2) is 0 Å². The molecule has 5 heteroatoms. The minimum absolute atomic E-state index is 0.132. The second-order valence-corrected chi connectivity index (χ2v) is 5.82. The van der Waals surface area contributed by atoms with Crippen LogP contribution in [0.15, 0.2) is 6.07 Å². The van der Waals surface area contributed by atoms with E-state index in [0.717, 1.165) is 43.6 Å². The molecule has 0 aromatic carbocycles. The summed E-state index contributed by atoms with van der Waals surface area (Å²) in [5.74, 6) is 2.23. The normalized spacial score (nSPS) is 16.8. The fourth-order valence-electron chi connectivity index (χ4n) is 2.63. The molecule has 1 aliphatic heterocycles. The first-order chi connectivity index (χ1) is 9.58. The molecule has 20 heavy (non-hydrogen) atoms. The largest absolute Gasteiger partial charge is 0.475 e. The Balaban J connectivity index is 2.03. The monoisotopic (exact) mass is 278 g/mol. The van der Waals surface area contributed by atoms with Gasteiger partial charge in [-0.2, -0.15) is 4.98 Å². The molecule has 2 heterocycles. The molecule has 0 radical (unpaired) electrons. The Morgan fingerprint density at radius 3 is 2.65 bits per heavy atom. The standard InChI is InChI=1S/C15H26N4O/c1-11(2)20-14-10-12(3)17-15(18-14)19-8-5-13(4-7-16)6-9-19/h10-11,13H,4-9,16H2,1-3H3. The van der Waals surface area contributed by atoms with Crippen LogP contribution in [0.4, 0.5) is 5.95 Å². The lowest BCUT2D eigenvalue weighted by Crippen LogP contribution is -2.35. The van der Waals surface area contributed by atoms with Crippen LogP contribution < -0.4 is 15.4 Å². The van der Waals surface area contributed by atoms with Crippen LogP contribution in [0.1, 0.15) is 38.8 Å². The van der Waals surface area contributed by atoms with Gasteiger partial charge in [0, 0.05) is 24.8 Å². The molecule has 0 saturated carbocycles. The van der Waals surface area contributed by atoms with E-state index in [1.165, 1.54) is 12.8 Å². The van der Waals surface area contributed by atoms with E-state index in [2.05, 4.69) is 14.9 Å². The summed E-state index contributed by atoms with van der Waals surface area (Å²) < 4.78 is 5.69. The second kappa shape index (κ2) is 6.88. The Bertz CT molecular complexity index is 428. The minimum atomic E-state index is 0.132. The maximum Gasteiger partial charge on any atom is 0.228 e. The number of ether oxygens (including phenoxy) is 1. The molecule has 0 atom stereocenters. The van der Waals surface area contributed by atoms with E-state index in [0.29, 0.717) is 5.88 Å². The fraction of sp³-hybridized carbons (Fsp3) is 0.733. The van der Waals surface area contributed by atoms with Gasteiger partial charge < -0.3 is 15.4 Å². The number of nitrogens with zero attached hydrogens (tertiary/aromatic N) is 3. The van der Waals surface area contributed by atoms with Crippen LogP contribution in [0, 0.1) is 12.8 Å². The first-order valence-corrected chi connectivity index (χ1v) is 7.56. The number of aryl methyl sites for hydroxylation is 1. The predicted molar refractivity (Wildman–Crippen MR) is 81.1 cm³/mol. The molecule has 0 amide bonds. The van der Waals surface area contributed by atoms with Crippen molar-refractivity contribution in [3.05, 3.63) is 11.8 Å². The Morgan fingerprint density at radius 1 is 1.35 bits per heavy atom. The fourth-order valence-corrected chi connectivity index (χ4v) is 2.63. The van der Waals surface area contributed by atoms with E-state index >= 15 is 0 Å². The van der Waals surface area contributed by atoms with Crippen molar-refractivity contribution in [3.8, 4) is 5.88 Å². The lowest BCUT2D eigenvalue weighted by Gasteiger charge is -2.32. The third-order valence-electron chi connectivity index (χ3n) is 3.65. The summed E-state index contributed by atoms with van der Waals surface area (Å²) in [5, 5.41) is 0. The molecule has 0 aliphatic carbocycles. The summed E-state index contributed by atoms with van der Waals surface area (Å²) in [6.45, 7) is 8.81. The summed E-state index contributed by atoms with van der Waals surface area (Å²) in [4.78, 5) is 11.3. The highest BCUT2D eigenvalue weighted by molar-refractivity contribution is 5.34. The van der Waals surface area contributed by atoms with Crippen LogP contribution >= 0.6 is 0 Å². The van der Waals surface area contributed by atoms with Gasteiger partial charge in [-0.05, 0) is 52.5 Å². The van der Waals surface area contributed by atoms with Gasteiger partial charge in [-0.3, -0.25) is 0 Å². The Hall–Kier alpha value is -1.36. The maximum absolute atomic E-state index is 5.69. The highest BCUT2D eigenvalue weighted by Crippen LogP contribution is 2.24. The van der Waals surface area contributed by atoms with E-state index in [-0.39, 0.29) is 6.10 Å². The average molecular weight is 278 g/mol. The Kier molecular flexibility index (Phi) is 5.17. The zero-order valence-corrected chi connectivity index (χ0v) is 12.8. The Morgan fingerprint density at radius 2 is 2.05 bits per heavy atom. The first kappa shape index (κ1) is 15.0. The molecule has 0 unspecified atom stereocenters. The molecule has 2 rings (SSSR count). The summed E-state index contributed by atoms with van der Waals surface area (Å²) in [6.07, 6.45) is 3.61. The first-order valence-electron chi connectivity index (χ1n) is 7.56. The number of nitrogens with two attached hydrogens (primary N) is 1. The quantitative estimate of drug-likeness (QED) is 0.894. The maximum atomic E-state index is 5.69. The molecule has 0 spiro atoms. The summed E-state index contributed by atoms with van der Waals surface area (Å²) >= 11 is 0. The van der Waals surface area contributed by atoms with E-state index in [1.54, 1.807) is 0 Å². The molecular formula is C15H26N4O. The number of aromatic nitrogens is 2. The van der Waals surface area contributed by atoms with Crippen molar-refractivity contribution in [1.29, 1.82) is 0 Å². The van der Waals surface area contributed by atoms with Gasteiger partial charge in [-0.15, -0.1) is 0 Å². The van der Waals surface area contributed by atoms with Gasteiger partial charge >= 0.3 is 0 Å². The van der Waals surface area contributed by atoms with Crippen molar-refractivity contribution < 1.29 is 4.74 Å². The van der Waals surface area contributed by atoms with Crippen LogP contribution in [0.25, 0.3) is 0 Å². The summed E-state index contributed by atoms with van der Waals surface area (Å²) in [5.41, 5.74) is 6.59. The lowest BCUT2D eigenvalue weighted by atomic mass is 9.94. The highest BCUT2D eigenvalue weighted by Gasteiger charge is 2.21.